The summed E-state index contributed by atoms with van der Waals surface area (Å²) in [5.74, 6) is -1.32. The Hall–Kier alpha value is -6.36. The molecule has 118 heavy (non-hydrogen) atoms. The number of rotatable bonds is 20. The molecule has 0 aromatic carbocycles. The molecule has 0 radical (unpaired) electrons. The Balaban J connectivity index is 0.000000123. The van der Waals surface area contributed by atoms with Crippen molar-refractivity contribution in [3.05, 3.63) is 0 Å². The molecule has 0 amide bonds. The summed E-state index contributed by atoms with van der Waals surface area (Å²) in [6, 6.07) is 0. The molecule has 24 heteroatoms. The number of cyclic esters (lactones) is 3. The van der Waals surface area contributed by atoms with Gasteiger partial charge < -0.3 is 56.8 Å². The average molecular weight is 1650 g/mol. The summed E-state index contributed by atoms with van der Waals surface area (Å²) in [5.41, 5.74) is -3.92. The molecule has 18 aliphatic rings. The van der Waals surface area contributed by atoms with Gasteiger partial charge in [0.15, 0.2) is 0 Å². The van der Waals surface area contributed by atoms with Crippen LogP contribution in [0.4, 0.5) is 0 Å². The molecule has 18 fully saturated rings. The summed E-state index contributed by atoms with van der Waals surface area (Å²) in [6.45, 7) is 34.6. The monoisotopic (exact) mass is 1650 g/mol. The summed E-state index contributed by atoms with van der Waals surface area (Å²) < 4.78 is 68.1. The van der Waals surface area contributed by atoms with Gasteiger partial charge in [0.1, 0.15) is 53.9 Å². The fourth-order valence-corrected chi connectivity index (χ4v) is 25.3. The first kappa shape index (κ1) is 88.0. The zero-order valence-corrected chi connectivity index (χ0v) is 73.7. The van der Waals surface area contributed by atoms with Crippen molar-refractivity contribution >= 4 is 71.6 Å². The molecule has 5 saturated heterocycles. The van der Waals surface area contributed by atoms with Crippen LogP contribution in [-0.4, -0.2) is 145 Å². The van der Waals surface area contributed by atoms with Crippen LogP contribution in [0.3, 0.4) is 0 Å². The predicted molar refractivity (Wildman–Crippen MR) is 425 cm³/mol. The van der Waals surface area contributed by atoms with Gasteiger partial charge in [-0.25, -0.2) is 0 Å². The van der Waals surface area contributed by atoms with E-state index in [1.165, 1.54) is 12.8 Å². The summed E-state index contributed by atoms with van der Waals surface area (Å²) in [6.07, 6.45) is 24.2. The minimum atomic E-state index is -0.602. The van der Waals surface area contributed by atoms with E-state index in [9.17, 15) is 57.5 Å². The average Bonchev–Trinajstić information content (AvgIpc) is 1.53. The van der Waals surface area contributed by atoms with Crippen molar-refractivity contribution in [2.45, 2.75) is 358 Å². The molecule has 0 aromatic heterocycles. The first-order chi connectivity index (χ1) is 55.5. The van der Waals surface area contributed by atoms with E-state index in [0.717, 1.165) is 141 Å². The van der Waals surface area contributed by atoms with Crippen molar-refractivity contribution in [3.63, 3.8) is 0 Å². The Bertz CT molecular complexity index is 3900. The van der Waals surface area contributed by atoms with Gasteiger partial charge in [0, 0.05) is 40.9 Å². The fraction of sp³-hybridized carbons (Fsp3) is 0.872. The maximum absolute atomic E-state index is 13.5. The van der Waals surface area contributed by atoms with Crippen LogP contribution in [-0.2, 0) is 114 Å². The van der Waals surface area contributed by atoms with Crippen LogP contribution >= 0.6 is 0 Å². The van der Waals surface area contributed by atoms with Crippen LogP contribution in [0.2, 0.25) is 0 Å². The van der Waals surface area contributed by atoms with Gasteiger partial charge in [0.25, 0.3) is 0 Å². The molecule has 18 rings (SSSR count). The highest BCUT2D eigenvalue weighted by molar-refractivity contribution is 5.88. The SMILES string of the molecule is CCC(C)(C)C(=O)OC1C2CC3C1OC(=O)C3C2C(=O)OC1(C)CCCCC1.CCC(C)(C)C(=O)OC1C2CC3C1OC(=O)C3C2C(=O)OC1(CC)CC2CCC1C2.CCC(C)(C)C(=O)OC1CC2CC1C1(CCOC1=O)C2.CCC(C)(C)C(=O)OC1CC2CC1C1(COC(=O)C1)C2.CCC(C)(C)C(=O)OC1CC2CC1CC21CCOC1=O. The lowest BCUT2D eigenvalue weighted by molar-refractivity contribution is -0.182. The van der Waals surface area contributed by atoms with Crippen molar-refractivity contribution in [2.24, 2.45) is 138 Å². The smallest absolute Gasteiger partial charge is 0.312 e. The molecule has 5 heterocycles. The summed E-state index contributed by atoms with van der Waals surface area (Å²) in [7, 11) is 0. The van der Waals surface area contributed by atoms with Crippen LogP contribution in [0.5, 0.6) is 0 Å². The number of carbonyl (C=O) groups excluding carboxylic acids is 12. The zero-order chi connectivity index (χ0) is 85.3. The molecule has 24 nitrogen and oxygen atoms in total. The van der Waals surface area contributed by atoms with E-state index in [-0.39, 0.29) is 141 Å². The van der Waals surface area contributed by atoms with Crippen molar-refractivity contribution < 1.29 is 114 Å². The fourth-order valence-electron chi connectivity index (χ4n) is 25.3. The van der Waals surface area contributed by atoms with E-state index in [2.05, 4.69) is 6.92 Å². The van der Waals surface area contributed by atoms with Gasteiger partial charge >= 0.3 is 71.6 Å². The van der Waals surface area contributed by atoms with Gasteiger partial charge in [-0.1, -0.05) is 48.0 Å². The van der Waals surface area contributed by atoms with E-state index >= 15 is 0 Å². The molecule has 27 unspecified atom stereocenters. The number of carbonyl (C=O) groups is 12. The third-order valence-corrected chi connectivity index (χ3v) is 34.6. The second-order valence-corrected chi connectivity index (χ2v) is 43.4. The van der Waals surface area contributed by atoms with Crippen LogP contribution in [0.15, 0.2) is 0 Å². The van der Waals surface area contributed by atoms with Crippen LogP contribution in [0.25, 0.3) is 0 Å². The van der Waals surface area contributed by atoms with Crippen LogP contribution in [0.1, 0.15) is 304 Å². The normalized spacial score (nSPS) is 40.7. The second-order valence-electron chi connectivity index (χ2n) is 43.4. The van der Waals surface area contributed by atoms with Crippen LogP contribution < -0.4 is 0 Å². The number of hydrogen-bond donors (Lipinski definition) is 0. The summed E-state index contributed by atoms with van der Waals surface area (Å²) in [5, 5.41) is 0. The van der Waals surface area contributed by atoms with Crippen molar-refractivity contribution in [3.8, 4) is 0 Å². The number of hydrogen-bond acceptors (Lipinski definition) is 24. The summed E-state index contributed by atoms with van der Waals surface area (Å²) >= 11 is 0. The Morgan fingerprint density at radius 2 is 0.881 bits per heavy atom. The minimum Gasteiger partial charge on any atom is -0.465 e. The lowest BCUT2D eigenvalue weighted by Gasteiger charge is -2.39. The number of esters is 12. The molecular weight excluding hydrogens is 1510 g/mol. The molecule has 0 aromatic rings. The number of ether oxygens (including phenoxy) is 12. The van der Waals surface area contributed by atoms with Crippen LogP contribution in [0, 0.1) is 138 Å². The predicted octanol–water partition coefficient (Wildman–Crippen LogP) is 15.2. The van der Waals surface area contributed by atoms with E-state index < -0.39 is 80.8 Å². The largest absolute Gasteiger partial charge is 0.465 e. The first-order valence-corrected chi connectivity index (χ1v) is 45.9. The first-order valence-electron chi connectivity index (χ1n) is 45.9. The molecular formula is C94H138O24. The highest BCUT2D eigenvalue weighted by Crippen LogP contribution is 2.66. The third kappa shape index (κ3) is 15.6. The minimum absolute atomic E-state index is 0.0105. The Kier molecular flexibility index (Phi) is 24.1. The maximum Gasteiger partial charge on any atom is 0.312 e. The molecule has 12 bridgehead atoms. The van der Waals surface area contributed by atoms with Gasteiger partial charge in [-0.2, -0.15) is 0 Å². The van der Waals surface area contributed by atoms with E-state index in [4.69, 9.17) is 56.8 Å². The Labute approximate surface area is 698 Å². The second kappa shape index (κ2) is 32.4. The zero-order valence-electron chi connectivity index (χ0n) is 73.7. The van der Waals surface area contributed by atoms with E-state index in [0.29, 0.717) is 93.4 Å². The molecule has 3 spiro atoms. The highest BCUT2D eigenvalue weighted by Gasteiger charge is 2.74. The van der Waals surface area contributed by atoms with Gasteiger partial charge in [0.2, 0.25) is 0 Å². The summed E-state index contributed by atoms with van der Waals surface area (Å²) in [4.78, 5) is 149. The van der Waals surface area contributed by atoms with Gasteiger partial charge in [0.05, 0.1) is 87.8 Å². The standard InChI is InChI=1S/C24H34O6.C22H32O6.3C16H24O4/c1-5-23(3,4)22(27)29-19-15-10-14-16(20(25)28-18(14)19)17(15)21(26)30-24(6-2)11-12-7-8-13(24)9-12;1-5-21(2,3)20(25)27-17-13-11-12-14(18(23)26-16(12)17)15(13)19(24)28-22(4)9-7-6-8-10-22;1-4-15(2,3)14(18)20-12-6-10-5-11(12)16(7-10)8-13(17)19-9-16;1-4-15(2,3)13(17)20-12-8-11-7-10(12)9-16(11)5-6-19-14(16)18;1-4-15(2,3)13(17)20-12-8-10-7-11(12)16(9-10)5-6-19-14(16)18/h12-19H,5-11H2,1-4H3;12-17H,5-11H2,1-4H3;3*10-12H,4-9H2,1-3H3. The van der Waals surface area contributed by atoms with Gasteiger partial charge in [-0.05, 0) is 285 Å². The third-order valence-electron chi connectivity index (χ3n) is 34.6. The van der Waals surface area contributed by atoms with Gasteiger partial charge in [-0.3, -0.25) is 57.5 Å². The highest BCUT2D eigenvalue weighted by atomic mass is 16.6. The van der Waals surface area contributed by atoms with Gasteiger partial charge in [-0.15, -0.1) is 0 Å². The topological polar surface area (TPSA) is 316 Å². The quantitative estimate of drug-likeness (QED) is 0.0807. The molecule has 27 atom stereocenters. The lowest BCUT2D eigenvalue weighted by Crippen LogP contribution is -2.48. The van der Waals surface area contributed by atoms with E-state index in [1.807, 2.05) is 111 Å². The lowest BCUT2D eigenvalue weighted by atomic mass is 9.71. The van der Waals surface area contributed by atoms with Crippen molar-refractivity contribution in [1.82, 2.24) is 0 Å². The van der Waals surface area contributed by atoms with Crippen molar-refractivity contribution in [2.75, 3.05) is 19.8 Å². The Morgan fingerprint density at radius 1 is 0.424 bits per heavy atom. The molecule has 658 valence electrons. The van der Waals surface area contributed by atoms with Crippen molar-refractivity contribution in [1.29, 1.82) is 0 Å². The van der Waals surface area contributed by atoms with E-state index in [1.54, 1.807) is 0 Å². The molecule has 13 aliphatic carbocycles. The molecule has 13 saturated carbocycles. The molecule has 5 aliphatic heterocycles. The molecule has 0 N–H and O–H groups in total. The Morgan fingerprint density at radius 3 is 1.29 bits per heavy atom. The maximum atomic E-state index is 13.5. The number of fused-ring (bicyclic) bond motifs is 13.